The standard InChI is InChI=1S/C11H21NO3/c1-7(2)9(5)11(15)12(8(3)4)6-10(13)14/h7-9H,6H2,1-5H3,(H,13,14). The van der Waals surface area contributed by atoms with Crippen molar-refractivity contribution in [2.45, 2.75) is 40.7 Å². The average molecular weight is 215 g/mol. The van der Waals surface area contributed by atoms with Gasteiger partial charge in [0.25, 0.3) is 0 Å². The second-order valence-electron chi connectivity index (χ2n) is 4.49. The first-order chi connectivity index (χ1) is 6.77. The maximum atomic E-state index is 11.9. The van der Waals surface area contributed by atoms with Crippen LogP contribution in [0.2, 0.25) is 0 Å². The van der Waals surface area contributed by atoms with Gasteiger partial charge in [-0.2, -0.15) is 0 Å². The second kappa shape index (κ2) is 5.73. The highest BCUT2D eigenvalue weighted by Gasteiger charge is 2.26. The molecule has 0 rings (SSSR count). The fourth-order valence-electron chi connectivity index (χ4n) is 1.21. The van der Waals surface area contributed by atoms with E-state index >= 15 is 0 Å². The molecule has 1 N–H and O–H groups in total. The van der Waals surface area contributed by atoms with Crippen LogP contribution in [0, 0.1) is 11.8 Å². The maximum Gasteiger partial charge on any atom is 0.323 e. The van der Waals surface area contributed by atoms with Crippen molar-refractivity contribution >= 4 is 11.9 Å². The average Bonchev–Trinajstić information content (AvgIpc) is 2.10. The Hall–Kier alpha value is -1.06. The van der Waals surface area contributed by atoms with E-state index in [0.29, 0.717) is 0 Å². The summed E-state index contributed by atoms with van der Waals surface area (Å²) in [5.74, 6) is -0.949. The summed E-state index contributed by atoms with van der Waals surface area (Å²) in [4.78, 5) is 24.0. The van der Waals surface area contributed by atoms with Crippen molar-refractivity contribution in [3.8, 4) is 0 Å². The lowest BCUT2D eigenvalue weighted by Gasteiger charge is -2.29. The first-order valence-electron chi connectivity index (χ1n) is 5.29. The predicted molar refractivity (Wildman–Crippen MR) is 58.5 cm³/mol. The molecule has 0 aromatic carbocycles. The quantitative estimate of drug-likeness (QED) is 0.757. The van der Waals surface area contributed by atoms with Gasteiger partial charge in [-0.1, -0.05) is 20.8 Å². The van der Waals surface area contributed by atoms with Gasteiger partial charge in [-0.25, -0.2) is 0 Å². The summed E-state index contributed by atoms with van der Waals surface area (Å²) >= 11 is 0. The molecule has 0 spiro atoms. The van der Waals surface area contributed by atoms with Gasteiger partial charge in [-0.15, -0.1) is 0 Å². The molecule has 0 aliphatic carbocycles. The van der Waals surface area contributed by atoms with E-state index in [9.17, 15) is 9.59 Å². The minimum atomic E-state index is -0.965. The largest absolute Gasteiger partial charge is 0.480 e. The van der Waals surface area contributed by atoms with Crippen LogP contribution >= 0.6 is 0 Å². The normalized spacial score (nSPS) is 13.0. The van der Waals surface area contributed by atoms with Crippen molar-refractivity contribution in [1.29, 1.82) is 0 Å². The van der Waals surface area contributed by atoms with Crippen LogP contribution in [0.25, 0.3) is 0 Å². The molecule has 1 unspecified atom stereocenters. The van der Waals surface area contributed by atoms with E-state index in [0.717, 1.165) is 0 Å². The molecule has 0 aliphatic rings. The molecule has 1 atom stereocenters. The summed E-state index contributed by atoms with van der Waals surface area (Å²) in [5.41, 5.74) is 0. The first kappa shape index (κ1) is 13.9. The summed E-state index contributed by atoms with van der Waals surface area (Å²) in [6, 6.07) is -0.0743. The molecule has 1 amide bonds. The number of hydrogen-bond acceptors (Lipinski definition) is 2. The van der Waals surface area contributed by atoms with Crippen LogP contribution < -0.4 is 0 Å². The van der Waals surface area contributed by atoms with Crippen LogP contribution in [-0.4, -0.2) is 34.5 Å². The molecular weight excluding hydrogens is 194 g/mol. The van der Waals surface area contributed by atoms with E-state index in [1.54, 1.807) is 0 Å². The highest BCUT2D eigenvalue weighted by atomic mass is 16.4. The van der Waals surface area contributed by atoms with Crippen molar-refractivity contribution in [2.24, 2.45) is 11.8 Å². The Balaban J connectivity index is 4.62. The number of carboxylic acid groups (broad SMARTS) is 1. The fourth-order valence-corrected chi connectivity index (χ4v) is 1.21. The monoisotopic (exact) mass is 215 g/mol. The molecule has 0 heterocycles. The molecule has 0 saturated carbocycles. The Bertz CT molecular complexity index is 236. The van der Waals surface area contributed by atoms with Gasteiger partial charge in [-0.3, -0.25) is 9.59 Å². The molecule has 4 nitrogen and oxygen atoms in total. The smallest absolute Gasteiger partial charge is 0.323 e. The minimum Gasteiger partial charge on any atom is -0.480 e. The Kier molecular flexibility index (Phi) is 5.33. The van der Waals surface area contributed by atoms with Gasteiger partial charge in [0, 0.05) is 12.0 Å². The minimum absolute atomic E-state index is 0.0743. The molecular formula is C11H21NO3. The van der Waals surface area contributed by atoms with E-state index in [4.69, 9.17) is 5.11 Å². The number of carbonyl (C=O) groups excluding carboxylic acids is 1. The van der Waals surface area contributed by atoms with Crippen LogP contribution in [0.3, 0.4) is 0 Å². The topological polar surface area (TPSA) is 57.6 Å². The number of amides is 1. The zero-order valence-electron chi connectivity index (χ0n) is 10.2. The van der Waals surface area contributed by atoms with Crippen molar-refractivity contribution in [3.63, 3.8) is 0 Å². The van der Waals surface area contributed by atoms with Gasteiger partial charge >= 0.3 is 5.97 Å². The molecule has 0 bridgehead atoms. The van der Waals surface area contributed by atoms with Crippen molar-refractivity contribution < 1.29 is 14.7 Å². The lowest BCUT2D eigenvalue weighted by atomic mass is 9.96. The lowest BCUT2D eigenvalue weighted by molar-refractivity contribution is -0.148. The lowest BCUT2D eigenvalue weighted by Crippen LogP contribution is -2.44. The van der Waals surface area contributed by atoms with Crippen LogP contribution in [0.4, 0.5) is 0 Å². The van der Waals surface area contributed by atoms with Gasteiger partial charge in [-0.05, 0) is 19.8 Å². The predicted octanol–water partition coefficient (Wildman–Crippen LogP) is 1.60. The fraction of sp³-hybridized carbons (Fsp3) is 0.818. The molecule has 15 heavy (non-hydrogen) atoms. The molecule has 0 aromatic rings. The van der Waals surface area contributed by atoms with Crippen LogP contribution in [-0.2, 0) is 9.59 Å². The molecule has 0 fully saturated rings. The number of carboxylic acids is 1. The first-order valence-corrected chi connectivity index (χ1v) is 5.29. The summed E-state index contributed by atoms with van der Waals surface area (Å²) < 4.78 is 0. The van der Waals surface area contributed by atoms with Crippen LogP contribution in [0.15, 0.2) is 0 Å². The summed E-state index contributed by atoms with van der Waals surface area (Å²) in [5, 5.41) is 8.71. The number of nitrogens with zero attached hydrogens (tertiary/aromatic N) is 1. The Morgan fingerprint density at radius 3 is 1.87 bits per heavy atom. The molecule has 88 valence electrons. The van der Waals surface area contributed by atoms with E-state index < -0.39 is 5.97 Å². The molecule has 0 aliphatic heterocycles. The Morgan fingerprint density at radius 1 is 1.13 bits per heavy atom. The van der Waals surface area contributed by atoms with Gasteiger partial charge in [0.2, 0.25) is 5.91 Å². The van der Waals surface area contributed by atoms with Gasteiger partial charge < -0.3 is 10.0 Å². The molecule has 0 radical (unpaired) electrons. The summed E-state index contributed by atoms with van der Waals surface area (Å²) in [6.07, 6.45) is 0. The third-order valence-corrected chi connectivity index (χ3v) is 2.60. The van der Waals surface area contributed by atoms with Gasteiger partial charge in [0.1, 0.15) is 6.54 Å². The van der Waals surface area contributed by atoms with E-state index in [1.807, 2.05) is 34.6 Å². The number of hydrogen-bond donors (Lipinski definition) is 1. The van der Waals surface area contributed by atoms with E-state index in [1.165, 1.54) is 4.90 Å². The van der Waals surface area contributed by atoms with Crippen molar-refractivity contribution in [1.82, 2.24) is 4.90 Å². The third-order valence-electron chi connectivity index (χ3n) is 2.60. The Morgan fingerprint density at radius 2 is 1.60 bits per heavy atom. The van der Waals surface area contributed by atoms with E-state index in [2.05, 4.69) is 0 Å². The summed E-state index contributed by atoms with van der Waals surface area (Å²) in [6.45, 7) is 9.20. The zero-order valence-corrected chi connectivity index (χ0v) is 10.2. The van der Waals surface area contributed by atoms with Gasteiger partial charge in [0.05, 0.1) is 0 Å². The zero-order chi connectivity index (χ0) is 12.2. The van der Waals surface area contributed by atoms with Crippen molar-refractivity contribution in [3.05, 3.63) is 0 Å². The second-order valence-corrected chi connectivity index (χ2v) is 4.49. The number of carbonyl (C=O) groups is 2. The Labute approximate surface area is 91.3 Å². The van der Waals surface area contributed by atoms with Crippen LogP contribution in [0.1, 0.15) is 34.6 Å². The third kappa shape index (κ3) is 4.32. The SMILES string of the molecule is CC(C)C(C)C(=O)N(CC(=O)O)C(C)C. The van der Waals surface area contributed by atoms with Gasteiger partial charge in [0.15, 0.2) is 0 Å². The van der Waals surface area contributed by atoms with Crippen molar-refractivity contribution in [2.75, 3.05) is 6.54 Å². The van der Waals surface area contributed by atoms with Crippen LogP contribution in [0.5, 0.6) is 0 Å². The molecule has 0 saturated heterocycles. The molecule has 0 aromatic heterocycles. The summed E-state index contributed by atoms with van der Waals surface area (Å²) in [7, 11) is 0. The molecule has 4 heteroatoms. The number of aliphatic carboxylic acids is 1. The highest BCUT2D eigenvalue weighted by molar-refractivity contribution is 5.83. The highest BCUT2D eigenvalue weighted by Crippen LogP contribution is 2.15. The maximum absolute atomic E-state index is 11.9. The number of rotatable bonds is 5. The van der Waals surface area contributed by atoms with E-state index in [-0.39, 0.29) is 30.3 Å².